The molecule has 1 fully saturated rings. The first-order chi connectivity index (χ1) is 14.8. The number of hydrogen-bond acceptors (Lipinski definition) is 5. The van der Waals surface area contributed by atoms with Crippen molar-refractivity contribution in [3.05, 3.63) is 64.5 Å². The van der Waals surface area contributed by atoms with E-state index in [-0.39, 0.29) is 10.8 Å². The largest absolute Gasteiger partial charge is 0.298 e. The average Bonchev–Trinajstić information content (AvgIpc) is 3.22. The number of amides is 1. The van der Waals surface area contributed by atoms with Crippen molar-refractivity contribution in [2.24, 2.45) is 0 Å². The molecule has 1 N–H and O–H groups in total. The number of benzene rings is 2. The van der Waals surface area contributed by atoms with Gasteiger partial charge < -0.3 is 0 Å². The van der Waals surface area contributed by atoms with Gasteiger partial charge in [-0.2, -0.15) is 4.31 Å². The number of carbonyl (C=O) groups excluding carboxylic acids is 1. The molecule has 0 bridgehead atoms. The minimum Gasteiger partial charge on any atom is -0.298 e. The van der Waals surface area contributed by atoms with Crippen LogP contribution in [-0.4, -0.2) is 36.7 Å². The van der Waals surface area contributed by atoms with E-state index in [2.05, 4.69) is 16.4 Å². The van der Waals surface area contributed by atoms with E-state index in [1.807, 2.05) is 31.4 Å². The number of nitrogens with zero attached hydrogens (tertiary/aromatic N) is 2. The number of piperidine rings is 1. The van der Waals surface area contributed by atoms with Gasteiger partial charge in [-0.05, 0) is 56.5 Å². The van der Waals surface area contributed by atoms with Crippen molar-refractivity contribution in [3.8, 4) is 11.3 Å². The van der Waals surface area contributed by atoms with Crippen LogP contribution in [0, 0.1) is 13.8 Å². The van der Waals surface area contributed by atoms with E-state index < -0.39 is 10.0 Å². The molecule has 0 aliphatic carbocycles. The predicted octanol–water partition coefficient (Wildman–Crippen LogP) is 4.85. The zero-order chi connectivity index (χ0) is 22.0. The van der Waals surface area contributed by atoms with Gasteiger partial charge in [0.2, 0.25) is 10.0 Å². The summed E-state index contributed by atoms with van der Waals surface area (Å²) < 4.78 is 27.0. The Hall–Kier alpha value is -2.55. The molecular formula is C23H25N3O3S2. The van der Waals surface area contributed by atoms with E-state index in [1.54, 1.807) is 12.1 Å². The molecule has 0 atom stereocenters. The number of hydrogen-bond donors (Lipinski definition) is 1. The maximum atomic E-state index is 12.8. The molecule has 0 unspecified atom stereocenters. The molecular weight excluding hydrogens is 430 g/mol. The first-order valence-corrected chi connectivity index (χ1v) is 12.6. The van der Waals surface area contributed by atoms with Gasteiger partial charge >= 0.3 is 0 Å². The highest BCUT2D eigenvalue weighted by Gasteiger charge is 2.26. The fourth-order valence-corrected chi connectivity index (χ4v) is 5.98. The molecule has 0 saturated carbocycles. The second-order valence-electron chi connectivity index (χ2n) is 7.80. The van der Waals surface area contributed by atoms with Crippen molar-refractivity contribution < 1.29 is 13.2 Å². The molecule has 4 rings (SSSR count). The summed E-state index contributed by atoms with van der Waals surface area (Å²) in [5, 5.41) is 5.23. The van der Waals surface area contributed by atoms with Crippen molar-refractivity contribution in [1.29, 1.82) is 0 Å². The lowest BCUT2D eigenvalue weighted by Gasteiger charge is -2.25. The van der Waals surface area contributed by atoms with Gasteiger partial charge in [0, 0.05) is 29.6 Å². The smallest absolute Gasteiger partial charge is 0.257 e. The van der Waals surface area contributed by atoms with Crippen molar-refractivity contribution in [2.75, 3.05) is 18.4 Å². The monoisotopic (exact) mass is 455 g/mol. The molecule has 8 heteroatoms. The highest BCUT2D eigenvalue weighted by molar-refractivity contribution is 7.89. The van der Waals surface area contributed by atoms with Crippen LogP contribution in [0.25, 0.3) is 11.3 Å². The number of anilines is 1. The van der Waals surface area contributed by atoms with Gasteiger partial charge in [0.25, 0.3) is 5.91 Å². The van der Waals surface area contributed by atoms with E-state index in [1.165, 1.54) is 33.3 Å². The maximum absolute atomic E-state index is 12.8. The van der Waals surface area contributed by atoms with Gasteiger partial charge in [0.15, 0.2) is 5.13 Å². The SMILES string of the molecule is Cc1ccc(-c2csc(NC(=O)c3ccc(S(=O)(=O)N4CCCCC4)cc3)n2)c(C)c1. The van der Waals surface area contributed by atoms with E-state index >= 15 is 0 Å². The Morgan fingerprint density at radius 2 is 1.74 bits per heavy atom. The standard InChI is InChI=1S/C23H25N3O3S2/c1-16-6-11-20(17(2)14-16)21-15-30-23(24-21)25-22(27)18-7-9-19(10-8-18)31(28,29)26-12-4-3-5-13-26/h6-11,14-15H,3-5,12-13H2,1-2H3,(H,24,25,27). The second kappa shape index (κ2) is 8.90. The number of aryl methyl sites for hydroxylation is 2. The molecule has 3 aromatic rings. The number of carbonyl (C=O) groups is 1. The lowest BCUT2D eigenvalue weighted by molar-refractivity contribution is 0.102. The van der Waals surface area contributed by atoms with Gasteiger partial charge in [-0.1, -0.05) is 30.2 Å². The summed E-state index contributed by atoms with van der Waals surface area (Å²) in [4.78, 5) is 17.4. The van der Waals surface area contributed by atoms with Crippen LogP contribution in [0.3, 0.4) is 0 Å². The van der Waals surface area contributed by atoms with Crippen LogP contribution >= 0.6 is 11.3 Å². The van der Waals surface area contributed by atoms with E-state index in [0.29, 0.717) is 23.8 Å². The van der Waals surface area contributed by atoms with Crippen LogP contribution in [0.15, 0.2) is 52.7 Å². The molecule has 2 aromatic carbocycles. The van der Waals surface area contributed by atoms with Crippen molar-refractivity contribution in [1.82, 2.24) is 9.29 Å². The van der Waals surface area contributed by atoms with Crippen molar-refractivity contribution in [2.45, 2.75) is 38.0 Å². The number of nitrogens with one attached hydrogen (secondary N) is 1. The molecule has 31 heavy (non-hydrogen) atoms. The minimum absolute atomic E-state index is 0.220. The number of thiazole rings is 1. The zero-order valence-corrected chi connectivity index (χ0v) is 19.2. The molecule has 162 valence electrons. The van der Waals surface area contributed by atoms with Crippen molar-refractivity contribution >= 4 is 32.4 Å². The van der Waals surface area contributed by atoms with Crippen LogP contribution in [0.1, 0.15) is 40.7 Å². The van der Waals surface area contributed by atoms with Gasteiger partial charge in [-0.3, -0.25) is 10.1 Å². The fourth-order valence-electron chi connectivity index (χ4n) is 3.76. The zero-order valence-electron chi connectivity index (χ0n) is 17.6. The third kappa shape index (κ3) is 4.71. The second-order valence-corrected chi connectivity index (χ2v) is 10.6. The Morgan fingerprint density at radius 3 is 2.42 bits per heavy atom. The quantitative estimate of drug-likeness (QED) is 0.596. The van der Waals surface area contributed by atoms with Crippen LogP contribution in [-0.2, 0) is 10.0 Å². The number of rotatable bonds is 5. The Bertz CT molecular complexity index is 1200. The van der Waals surface area contributed by atoms with Crippen LogP contribution in [0.4, 0.5) is 5.13 Å². The maximum Gasteiger partial charge on any atom is 0.257 e. The number of sulfonamides is 1. The summed E-state index contributed by atoms with van der Waals surface area (Å²) >= 11 is 1.36. The van der Waals surface area contributed by atoms with Gasteiger partial charge in [-0.25, -0.2) is 13.4 Å². The topological polar surface area (TPSA) is 79.4 Å². The minimum atomic E-state index is -3.51. The normalized spacial score (nSPS) is 15.0. The average molecular weight is 456 g/mol. The molecule has 6 nitrogen and oxygen atoms in total. The molecule has 1 aliphatic rings. The lowest BCUT2D eigenvalue weighted by atomic mass is 10.0. The molecule has 1 amide bonds. The highest BCUT2D eigenvalue weighted by Crippen LogP contribution is 2.28. The van der Waals surface area contributed by atoms with Crippen LogP contribution < -0.4 is 5.32 Å². The molecule has 1 aliphatic heterocycles. The van der Waals surface area contributed by atoms with Crippen molar-refractivity contribution in [3.63, 3.8) is 0 Å². The molecule has 0 spiro atoms. The van der Waals surface area contributed by atoms with Crippen LogP contribution in [0.5, 0.6) is 0 Å². The summed E-state index contributed by atoms with van der Waals surface area (Å²) in [6, 6.07) is 12.3. The summed E-state index contributed by atoms with van der Waals surface area (Å²) in [5.41, 5.74) is 4.57. The predicted molar refractivity (Wildman–Crippen MR) is 124 cm³/mol. The van der Waals surface area contributed by atoms with Gasteiger partial charge in [-0.15, -0.1) is 11.3 Å². The molecule has 2 heterocycles. The lowest BCUT2D eigenvalue weighted by Crippen LogP contribution is -2.35. The summed E-state index contributed by atoms with van der Waals surface area (Å²) in [7, 11) is -3.51. The van der Waals surface area contributed by atoms with E-state index in [0.717, 1.165) is 36.1 Å². The van der Waals surface area contributed by atoms with E-state index in [9.17, 15) is 13.2 Å². The fraction of sp³-hybridized carbons (Fsp3) is 0.304. The first-order valence-electron chi connectivity index (χ1n) is 10.3. The van der Waals surface area contributed by atoms with Crippen LogP contribution in [0.2, 0.25) is 0 Å². The van der Waals surface area contributed by atoms with Gasteiger partial charge in [0.1, 0.15) is 0 Å². The summed E-state index contributed by atoms with van der Waals surface area (Å²) in [6.45, 7) is 5.20. The first kappa shape index (κ1) is 21.7. The third-order valence-corrected chi connectivity index (χ3v) is 8.12. The summed E-state index contributed by atoms with van der Waals surface area (Å²) in [5.74, 6) is -0.316. The molecule has 1 aromatic heterocycles. The number of aromatic nitrogens is 1. The molecule has 1 saturated heterocycles. The van der Waals surface area contributed by atoms with Gasteiger partial charge in [0.05, 0.1) is 10.6 Å². The molecule has 0 radical (unpaired) electrons. The van der Waals surface area contributed by atoms with E-state index in [4.69, 9.17) is 0 Å². The Morgan fingerprint density at radius 1 is 1.03 bits per heavy atom. The third-order valence-electron chi connectivity index (χ3n) is 5.45. The Balaban J connectivity index is 1.46. The summed E-state index contributed by atoms with van der Waals surface area (Å²) in [6.07, 6.45) is 2.84. The Labute approximate surface area is 187 Å². The Kier molecular flexibility index (Phi) is 6.22. The highest BCUT2D eigenvalue weighted by atomic mass is 32.2.